The maximum atomic E-state index is 13.9. The fraction of sp³-hybridized carbons (Fsp3) is 0.208. The van der Waals surface area contributed by atoms with E-state index < -0.39 is 58.8 Å². The second kappa shape index (κ2) is 11.4. The predicted molar refractivity (Wildman–Crippen MR) is 119 cm³/mol. The van der Waals surface area contributed by atoms with Crippen molar-refractivity contribution in [2.45, 2.75) is 26.0 Å². The zero-order valence-electron chi connectivity index (χ0n) is 18.5. The monoisotopic (exact) mass is 488 g/mol. The van der Waals surface area contributed by atoms with Gasteiger partial charge in [0.2, 0.25) is 5.43 Å². The fourth-order valence-corrected chi connectivity index (χ4v) is 3.23. The second-order valence-electron chi connectivity index (χ2n) is 7.37. The molecule has 0 bridgehead atoms. The molecule has 0 atom stereocenters. The number of halogens is 2. The highest BCUT2D eigenvalue weighted by Crippen LogP contribution is 2.19. The molecule has 2 aromatic carbocycles. The van der Waals surface area contributed by atoms with Crippen molar-refractivity contribution < 1.29 is 38.1 Å². The molecule has 1 amide bonds. The van der Waals surface area contributed by atoms with E-state index in [1.807, 2.05) is 0 Å². The SMILES string of the molecule is COC(=O)c1c(OCc2ccccc2)c(=O)c(C(=O)NCc2ccc(F)cc2F)cn1CC(O)O. The van der Waals surface area contributed by atoms with Gasteiger partial charge in [-0.05, 0) is 11.6 Å². The van der Waals surface area contributed by atoms with Crippen LogP contribution in [-0.4, -0.2) is 40.1 Å². The summed E-state index contributed by atoms with van der Waals surface area (Å²) in [5.41, 5.74) is -1.29. The number of benzene rings is 2. The molecule has 1 aromatic heterocycles. The predicted octanol–water partition coefficient (Wildman–Crippen LogP) is 1.73. The summed E-state index contributed by atoms with van der Waals surface area (Å²) in [5, 5.41) is 21.3. The van der Waals surface area contributed by atoms with E-state index in [1.54, 1.807) is 30.3 Å². The van der Waals surface area contributed by atoms with Crippen molar-refractivity contribution in [3.05, 3.63) is 99.0 Å². The largest absolute Gasteiger partial charge is 0.482 e. The molecule has 35 heavy (non-hydrogen) atoms. The Morgan fingerprint density at radius 3 is 2.46 bits per heavy atom. The van der Waals surface area contributed by atoms with Crippen LogP contribution in [0, 0.1) is 11.6 Å². The quantitative estimate of drug-likeness (QED) is 0.309. The summed E-state index contributed by atoms with van der Waals surface area (Å²) < 4.78 is 38.3. The van der Waals surface area contributed by atoms with Gasteiger partial charge in [0.15, 0.2) is 17.7 Å². The van der Waals surface area contributed by atoms with Crippen molar-refractivity contribution in [1.82, 2.24) is 9.88 Å². The Labute approximate surface area is 198 Å². The number of rotatable bonds is 9. The number of hydrogen-bond donors (Lipinski definition) is 3. The number of esters is 1. The Morgan fingerprint density at radius 2 is 1.83 bits per heavy atom. The number of ether oxygens (including phenoxy) is 2. The van der Waals surface area contributed by atoms with Crippen LogP contribution < -0.4 is 15.5 Å². The average Bonchev–Trinajstić information content (AvgIpc) is 2.83. The van der Waals surface area contributed by atoms with E-state index in [1.165, 1.54) is 0 Å². The number of nitrogens with zero attached hydrogens (tertiary/aromatic N) is 1. The molecule has 0 radical (unpaired) electrons. The Bertz CT molecular complexity index is 1280. The van der Waals surface area contributed by atoms with Crippen LogP contribution in [0.2, 0.25) is 0 Å². The number of amides is 1. The van der Waals surface area contributed by atoms with Crippen LogP contribution in [0.1, 0.15) is 32.0 Å². The minimum atomic E-state index is -1.95. The third-order valence-electron chi connectivity index (χ3n) is 4.90. The van der Waals surface area contributed by atoms with Crippen LogP contribution in [0.5, 0.6) is 5.75 Å². The highest BCUT2D eigenvalue weighted by atomic mass is 19.1. The molecule has 0 aliphatic rings. The number of carbonyl (C=O) groups is 2. The van der Waals surface area contributed by atoms with E-state index in [2.05, 4.69) is 5.32 Å². The third kappa shape index (κ3) is 6.28. The number of nitrogens with one attached hydrogen (secondary N) is 1. The van der Waals surface area contributed by atoms with Crippen molar-refractivity contribution in [3.63, 3.8) is 0 Å². The van der Waals surface area contributed by atoms with Gasteiger partial charge in [-0.2, -0.15) is 0 Å². The average molecular weight is 488 g/mol. The van der Waals surface area contributed by atoms with Crippen molar-refractivity contribution in [3.8, 4) is 5.75 Å². The van der Waals surface area contributed by atoms with Gasteiger partial charge < -0.3 is 29.6 Å². The van der Waals surface area contributed by atoms with Gasteiger partial charge in [-0.15, -0.1) is 0 Å². The summed E-state index contributed by atoms with van der Waals surface area (Å²) in [5.74, 6) is -4.19. The van der Waals surface area contributed by atoms with E-state index >= 15 is 0 Å². The van der Waals surface area contributed by atoms with E-state index in [0.29, 0.717) is 11.6 Å². The molecule has 0 aliphatic carbocycles. The number of aromatic nitrogens is 1. The second-order valence-corrected chi connectivity index (χ2v) is 7.37. The van der Waals surface area contributed by atoms with Gasteiger partial charge in [-0.1, -0.05) is 36.4 Å². The van der Waals surface area contributed by atoms with Crippen LogP contribution in [0.4, 0.5) is 8.78 Å². The summed E-state index contributed by atoms with van der Waals surface area (Å²) in [6.07, 6.45) is -1.01. The van der Waals surface area contributed by atoms with Crippen LogP contribution in [0.25, 0.3) is 0 Å². The molecule has 0 saturated carbocycles. The maximum Gasteiger partial charge on any atom is 0.358 e. The highest BCUT2D eigenvalue weighted by Gasteiger charge is 2.27. The number of pyridine rings is 1. The first-order chi connectivity index (χ1) is 16.7. The fourth-order valence-electron chi connectivity index (χ4n) is 3.23. The first-order valence-corrected chi connectivity index (χ1v) is 10.3. The van der Waals surface area contributed by atoms with Crippen LogP contribution >= 0.6 is 0 Å². The topological polar surface area (TPSA) is 127 Å². The first kappa shape index (κ1) is 25.5. The molecule has 3 rings (SSSR count). The summed E-state index contributed by atoms with van der Waals surface area (Å²) >= 11 is 0. The maximum absolute atomic E-state index is 13.9. The van der Waals surface area contributed by atoms with Gasteiger partial charge >= 0.3 is 5.97 Å². The molecule has 184 valence electrons. The van der Waals surface area contributed by atoms with Crippen LogP contribution in [0.15, 0.2) is 59.5 Å². The molecular formula is C24H22F2N2O7. The van der Waals surface area contributed by atoms with Crippen LogP contribution in [-0.2, 0) is 24.4 Å². The van der Waals surface area contributed by atoms with E-state index in [0.717, 1.165) is 30.0 Å². The number of methoxy groups -OCH3 is 1. The molecule has 0 spiro atoms. The lowest BCUT2D eigenvalue weighted by molar-refractivity contribution is -0.0519. The molecular weight excluding hydrogens is 466 g/mol. The molecule has 3 aromatic rings. The Balaban J connectivity index is 2.01. The minimum Gasteiger partial charge on any atom is -0.482 e. The molecule has 9 nitrogen and oxygen atoms in total. The zero-order valence-corrected chi connectivity index (χ0v) is 18.5. The lowest BCUT2D eigenvalue weighted by Crippen LogP contribution is -2.33. The van der Waals surface area contributed by atoms with Crippen molar-refractivity contribution >= 4 is 11.9 Å². The molecule has 0 unspecified atom stereocenters. The standard InChI is InChI=1S/C24H22F2N2O7/c1-34-24(33)20-22(35-13-14-5-3-2-4-6-14)21(31)17(11-28(20)12-19(29)30)23(32)27-10-15-7-8-16(25)9-18(15)26/h2-9,11,19,29-30H,10,12-13H2,1H3,(H,27,32). The summed E-state index contributed by atoms with van der Waals surface area (Å²) in [7, 11) is 1.06. The van der Waals surface area contributed by atoms with Crippen molar-refractivity contribution in [2.75, 3.05) is 7.11 Å². The summed E-state index contributed by atoms with van der Waals surface area (Å²) in [6.45, 7) is -1.11. The van der Waals surface area contributed by atoms with Gasteiger partial charge in [0, 0.05) is 24.4 Å². The van der Waals surface area contributed by atoms with Gasteiger partial charge in [0.1, 0.15) is 23.8 Å². The smallest absolute Gasteiger partial charge is 0.358 e. The lowest BCUT2D eigenvalue weighted by Gasteiger charge is -2.19. The molecule has 11 heteroatoms. The Hall–Kier alpha value is -4.09. The number of aliphatic hydroxyl groups excluding tert-OH is 1. The van der Waals surface area contributed by atoms with Crippen molar-refractivity contribution in [2.24, 2.45) is 0 Å². The molecule has 0 fully saturated rings. The Morgan fingerprint density at radius 1 is 1.11 bits per heavy atom. The first-order valence-electron chi connectivity index (χ1n) is 10.3. The molecule has 0 aliphatic heterocycles. The van der Waals surface area contributed by atoms with Gasteiger partial charge in [-0.3, -0.25) is 9.59 Å². The Kier molecular flexibility index (Phi) is 8.29. The molecule has 1 heterocycles. The van der Waals surface area contributed by atoms with E-state index in [4.69, 9.17) is 9.47 Å². The minimum absolute atomic E-state index is 0.0300. The normalized spacial score (nSPS) is 10.8. The number of hydrogen-bond acceptors (Lipinski definition) is 7. The summed E-state index contributed by atoms with van der Waals surface area (Å²) in [6, 6.07) is 11.5. The third-order valence-corrected chi connectivity index (χ3v) is 4.90. The molecule has 0 saturated heterocycles. The molecule has 3 N–H and O–H groups in total. The number of aliphatic hydroxyl groups is 2. The van der Waals surface area contributed by atoms with Gasteiger partial charge in [0.25, 0.3) is 5.91 Å². The highest BCUT2D eigenvalue weighted by molar-refractivity contribution is 5.96. The van der Waals surface area contributed by atoms with E-state index in [-0.39, 0.29) is 18.7 Å². The summed E-state index contributed by atoms with van der Waals surface area (Å²) in [4.78, 5) is 38.5. The lowest BCUT2D eigenvalue weighted by atomic mass is 10.1. The van der Waals surface area contributed by atoms with Gasteiger partial charge in [0.05, 0.1) is 13.7 Å². The van der Waals surface area contributed by atoms with Crippen LogP contribution in [0.3, 0.4) is 0 Å². The van der Waals surface area contributed by atoms with Crippen molar-refractivity contribution in [1.29, 1.82) is 0 Å². The zero-order chi connectivity index (χ0) is 25.5. The van der Waals surface area contributed by atoms with Gasteiger partial charge in [-0.25, -0.2) is 13.6 Å². The number of carbonyl (C=O) groups excluding carboxylic acids is 2. The van der Waals surface area contributed by atoms with E-state index in [9.17, 15) is 33.4 Å².